The highest BCUT2D eigenvalue weighted by atomic mass is 16.8. The Labute approximate surface area is 508 Å². The van der Waals surface area contributed by atoms with E-state index >= 15 is 0 Å². The van der Waals surface area contributed by atoms with E-state index in [4.69, 9.17) is 29.2 Å². The number of aldehydes is 3. The number of phenolic OH excluding ortho intramolecular Hbond substituents is 1. The van der Waals surface area contributed by atoms with Gasteiger partial charge in [-0.1, -0.05) is 47.9 Å². The van der Waals surface area contributed by atoms with E-state index in [1.54, 1.807) is 18.3 Å². The molecule has 15 N–H and O–H groups in total. The van der Waals surface area contributed by atoms with Crippen LogP contribution in [-0.2, 0) is 33.4 Å². The predicted octanol–water partition coefficient (Wildman–Crippen LogP) is 0.377. The van der Waals surface area contributed by atoms with Crippen LogP contribution >= 0.6 is 0 Å². The Morgan fingerprint density at radius 2 is 1.75 bits per heavy atom. The van der Waals surface area contributed by atoms with Gasteiger partial charge in [-0.05, 0) is 93.5 Å². The maximum absolute atomic E-state index is 14.5. The summed E-state index contributed by atoms with van der Waals surface area (Å²) in [5.74, 6) is -6.20. The number of aromatic amines is 1. The molecule has 2 fully saturated rings. The molecule has 9 rings (SSSR count). The van der Waals surface area contributed by atoms with Crippen LogP contribution in [0.15, 0.2) is 112 Å². The SMILES string of the molecule is Cc1cc(C)cc(-c2c3[nH]ccc3cn2O[C@@H]2[C@@H](Oc3ccc4c(=O)c(-c5ccc(O)cc5)coc4c3)O[C@@H]([C@](CO)(NC(N)=N[C@H](C=O)CN[C@@H]3CCC[C@@H]4C=C[C@H](C=O)[C@@H](O)[C@@H]43)OC(=O)[C@H](NCCC=O)C(=O)O)[C@@](O)(CO)[C@]2(O)[C@H](O)CCCO)c1. The second kappa shape index (κ2) is 27.6. The number of aryl methyl sites for hydroxylation is 2. The van der Waals surface area contributed by atoms with Crippen LogP contribution in [0.2, 0.25) is 0 Å². The highest BCUT2D eigenvalue weighted by molar-refractivity contribution is 5.99. The van der Waals surface area contributed by atoms with E-state index in [1.165, 1.54) is 59.7 Å². The predicted molar refractivity (Wildman–Crippen MR) is 318 cm³/mol. The number of hydrogen-bond donors (Lipinski definition) is 14. The van der Waals surface area contributed by atoms with Crippen molar-refractivity contribution in [1.82, 2.24) is 25.7 Å². The second-order valence-electron chi connectivity index (χ2n) is 22.8. The average molecular weight is 1240 g/mol. The van der Waals surface area contributed by atoms with Crippen molar-refractivity contribution < 1.29 is 93.4 Å². The molecule has 6 aromatic rings. The van der Waals surface area contributed by atoms with Gasteiger partial charge < -0.3 is 105 Å². The first-order valence-electron chi connectivity index (χ1n) is 29.0. The lowest BCUT2D eigenvalue weighted by Crippen LogP contribution is -2.86. The van der Waals surface area contributed by atoms with Crippen molar-refractivity contribution in [3.63, 3.8) is 0 Å². The maximum Gasteiger partial charge on any atom is 0.337 e. The summed E-state index contributed by atoms with van der Waals surface area (Å²) in [6.45, 7) is -0.979. The molecule has 89 heavy (non-hydrogen) atoms. The summed E-state index contributed by atoms with van der Waals surface area (Å²) in [6.07, 6.45) is -0.798. The highest BCUT2D eigenvalue weighted by Gasteiger charge is 2.75. The lowest BCUT2D eigenvalue weighted by atomic mass is 9.66. The fourth-order valence-corrected chi connectivity index (χ4v) is 12.5. The Kier molecular flexibility index (Phi) is 20.2. The number of carbonyl (C=O) groups is 5. The number of fused-ring (bicyclic) bond motifs is 3. The van der Waals surface area contributed by atoms with E-state index in [9.17, 15) is 74.7 Å². The third-order valence-corrected chi connectivity index (χ3v) is 16.8. The molecule has 0 amide bonds. The number of aliphatic hydroxyl groups is 7. The molecule has 1 saturated heterocycles. The summed E-state index contributed by atoms with van der Waals surface area (Å²) >= 11 is 0. The number of aromatic hydroxyl groups is 1. The average Bonchev–Trinajstić information content (AvgIpc) is 0.743. The maximum atomic E-state index is 14.5. The number of aliphatic imine (C=N–C) groups is 1. The molecule has 2 aliphatic carbocycles. The zero-order valence-corrected chi connectivity index (χ0v) is 48.6. The number of rotatable bonds is 27. The highest BCUT2D eigenvalue weighted by Crippen LogP contribution is 2.48. The minimum atomic E-state index is -3.57. The molecule has 14 atom stereocenters. The molecule has 3 aromatic heterocycles. The zero-order chi connectivity index (χ0) is 64.0. The van der Waals surface area contributed by atoms with Crippen LogP contribution in [0.4, 0.5) is 0 Å². The van der Waals surface area contributed by atoms with Crippen LogP contribution in [0.25, 0.3) is 44.3 Å². The largest absolute Gasteiger partial charge is 0.508 e. The van der Waals surface area contributed by atoms with Gasteiger partial charge in [-0.2, -0.15) is 4.73 Å². The fraction of sp³-hybridized carbons (Fsp3) is 0.435. The second-order valence-corrected chi connectivity index (χ2v) is 22.8. The molecule has 27 heteroatoms. The van der Waals surface area contributed by atoms with Gasteiger partial charge in [0.2, 0.25) is 24.2 Å². The summed E-state index contributed by atoms with van der Waals surface area (Å²) < 4.78 is 26.3. The van der Waals surface area contributed by atoms with E-state index in [2.05, 4.69) is 25.9 Å². The minimum absolute atomic E-state index is 0.0196. The molecule has 0 radical (unpaired) electrons. The fourth-order valence-electron chi connectivity index (χ4n) is 12.5. The number of carbonyl (C=O) groups excluding carboxylic acids is 4. The number of nitrogens with zero attached hydrogens (tertiary/aromatic N) is 2. The van der Waals surface area contributed by atoms with Crippen molar-refractivity contribution in [2.45, 2.75) is 118 Å². The topological polar surface area (TPSA) is 430 Å². The third-order valence-electron chi connectivity index (χ3n) is 16.8. The van der Waals surface area contributed by atoms with Crippen LogP contribution in [-0.4, -0.2) is 191 Å². The number of ether oxygens (including phenoxy) is 3. The number of aliphatic hydroxyl groups excluding tert-OH is 5. The summed E-state index contributed by atoms with van der Waals surface area (Å²) in [6, 6.07) is 12.6. The first kappa shape index (κ1) is 65.1. The van der Waals surface area contributed by atoms with Gasteiger partial charge in [-0.15, -0.1) is 0 Å². The summed E-state index contributed by atoms with van der Waals surface area (Å²) in [5.41, 5.74) is -0.875. The van der Waals surface area contributed by atoms with Crippen LogP contribution in [0.3, 0.4) is 0 Å². The molecule has 1 aliphatic heterocycles. The summed E-state index contributed by atoms with van der Waals surface area (Å²) in [5, 5.41) is 114. The zero-order valence-electron chi connectivity index (χ0n) is 48.6. The van der Waals surface area contributed by atoms with E-state index in [1.807, 2.05) is 38.1 Å². The number of aliphatic carboxylic acids is 1. The van der Waals surface area contributed by atoms with Crippen molar-refractivity contribution in [1.29, 1.82) is 0 Å². The molecule has 0 unspecified atom stereocenters. The molecule has 0 bridgehead atoms. The van der Waals surface area contributed by atoms with Gasteiger partial charge in [0, 0.05) is 61.3 Å². The molecular weight excluding hydrogens is 1160 g/mol. The Bertz CT molecular complexity index is 3620. The molecule has 1 saturated carbocycles. The Morgan fingerprint density at radius 3 is 2.43 bits per heavy atom. The van der Waals surface area contributed by atoms with Crippen molar-refractivity contribution in [3.05, 3.63) is 119 Å². The molecule has 3 aliphatic rings. The lowest BCUT2D eigenvalue weighted by molar-refractivity contribution is -0.400. The van der Waals surface area contributed by atoms with E-state index in [0.29, 0.717) is 59.4 Å². The van der Waals surface area contributed by atoms with Crippen LogP contribution in [0.1, 0.15) is 49.7 Å². The molecule has 4 heterocycles. The number of H-pyrrole nitrogens is 1. The number of aromatic nitrogens is 2. The van der Waals surface area contributed by atoms with Gasteiger partial charge in [-0.3, -0.25) is 10.1 Å². The van der Waals surface area contributed by atoms with Crippen molar-refractivity contribution >= 4 is 58.6 Å². The van der Waals surface area contributed by atoms with Gasteiger partial charge in [-0.25, -0.2) is 14.6 Å². The molecule has 0 spiro atoms. The number of allylic oxidation sites excluding steroid dienone is 1. The first-order chi connectivity index (χ1) is 42.7. The number of carboxylic acids is 1. The van der Waals surface area contributed by atoms with Gasteiger partial charge in [0.05, 0.1) is 47.4 Å². The van der Waals surface area contributed by atoms with Gasteiger partial charge in [0.15, 0.2) is 28.7 Å². The Hall–Kier alpha value is -8.35. The Morgan fingerprint density at radius 1 is 1.00 bits per heavy atom. The molecule has 3 aromatic carbocycles. The number of nitrogens with one attached hydrogen (secondary N) is 4. The van der Waals surface area contributed by atoms with Crippen molar-refractivity contribution in [3.8, 4) is 33.9 Å². The number of guanidine groups is 1. The Balaban J connectivity index is 1.20. The summed E-state index contributed by atoms with van der Waals surface area (Å²) in [7, 11) is 0. The summed E-state index contributed by atoms with van der Waals surface area (Å²) in [4.78, 5) is 91.9. The van der Waals surface area contributed by atoms with Crippen molar-refractivity contribution in [2.75, 3.05) is 32.9 Å². The molecule has 27 nitrogen and oxygen atoms in total. The standard InChI is InChI=1S/C62H73N7O20/c1-33-22-34(2)24-39(23-33)51-49-37(17-19-65-49)27-69(51)89-54-57(86-42-15-16-43-46(25-42)85-30-44(53(43)79)35-11-13-41(76)14-12-35)87-58(60(83,31-74)62(54,84)47(77)8-4-20-70)61(32-75,88-56(82)50(55(80)81)64-18-5-21-71)68-59(63)67-40(29-73)26-66-45-7-3-6-36-9-10-38(28-72)52(78)48(36)45/h9-17,19,21-25,27-30,36,38,40,45,47-48,50,52,54,57-58,64-66,70,74-78,83-84H,3-8,18,20,26,31-32H2,1-2H3,(H,80,81)(H3,63,67,68)/t36-,38-,40+,45-,47-,48+,50-,52-,54-,57+,58-,60+,61-,62+/m1/s1. The van der Waals surface area contributed by atoms with E-state index in [-0.39, 0.29) is 53.3 Å². The number of hydrogen-bond acceptors (Lipinski definition) is 22. The number of esters is 1. The monoisotopic (exact) mass is 1240 g/mol. The van der Waals surface area contributed by atoms with E-state index < -0.39 is 134 Å². The number of phenols is 1. The molecular formula is C62H73N7O20. The smallest absolute Gasteiger partial charge is 0.337 e. The van der Waals surface area contributed by atoms with Gasteiger partial charge >= 0.3 is 11.9 Å². The number of benzene rings is 3. The van der Waals surface area contributed by atoms with Crippen LogP contribution in [0.5, 0.6) is 11.5 Å². The van der Waals surface area contributed by atoms with Crippen LogP contribution in [0, 0.1) is 31.6 Å². The van der Waals surface area contributed by atoms with E-state index in [0.717, 1.165) is 17.5 Å². The van der Waals surface area contributed by atoms with Gasteiger partial charge in [0.1, 0.15) is 60.5 Å². The number of nitrogens with two attached hydrogens (primary N) is 1. The number of carboxylic acid groups (broad SMARTS) is 1. The van der Waals surface area contributed by atoms with Crippen LogP contribution < -0.4 is 36.7 Å². The first-order valence-corrected chi connectivity index (χ1v) is 29.0. The van der Waals surface area contributed by atoms with Crippen molar-refractivity contribution in [2.24, 2.45) is 28.5 Å². The lowest BCUT2D eigenvalue weighted by Gasteiger charge is -2.59. The minimum Gasteiger partial charge on any atom is -0.508 e. The van der Waals surface area contributed by atoms with Gasteiger partial charge in [0.25, 0.3) is 0 Å². The third kappa shape index (κ3) is 13.1. The molecule has 476 valence electrons. The normalized spacial score (nSPS) is 26.1. The quantitative estimate of drug-likeness (QED) is 0.00484.